The molecule has 168 valence electrons. The minimum atomic E-state index is 0.0922. The van der Waals surface area contributed by atoms with Crippen LogP contribution in [0.4, 0.5) is 0 Å². The fourth-order valence-electron chi connectivity index (χ4n) is 7.72. The lowest BCUT2D eigenvalue weighted by atomic mass is 9.53. The summed E-state index contributed by atoms with van der Waals surface area (Å²) in [5.41, 5.74) is 1.87. The van der Waals surface area contributed by atoms with Crippen LogP contribution in [0.3, 0.4) is 0 Å². The molecule has 3 saturated heterocycles. The van der Waals surface area contributed by atoms with Crippen LogP contribution >= 0.6 is 0 Å². The monoisotopic (exact) mass is 426 g/mol. The Morgan fingerprint density at radius 3 is 2.55 bits per heavy atom. The van der Waals surface area contributed by atoms with E-state index in [1.54, 1.807) is 9.80 Å². The number of nitrogens with one attached hydrogen (secondary N) is 2. The van der Waals surface area contributed by atoms with E-state index in [1.807, 2.05) is 0 Å². The van der Waals surface area contributed by atoms with Crippen molar-refractivity contribution in [3.63, 3.8) is 0 Å². The highest BCUT2D eigenvalue weighted by molar-refractivity contribution is 5.75. The first-order valence-corrected chi connectivity index (χ1v) is 12.6. The van der Waals surface area contributed by atoms with Gasteiger partial charge in [0.2, 0.25) is 0 Å². The predicted molar refractivity (Wildman–Crippen MR) is 117 cm³/mol. The number of piperazine rings is 1. The van der Waals surface area contributed by atoms with Gasteiger partial charge < -0.3 is 19.3 Å². The summed E-state index contributed by atoms with van der Waals surface area (Å²) in [5, 5.41) is 0. The number of rotatable bonds is 4. The average Bonchev–Trinajstić information content (AvgIpc) is 3.47. The standard InChI is InChI=1S/C26H36N2O3/c1-25-8-5-9-26(18-30-26)23(25)14-20-21(24(29)31-22(20)15-25)17-28-12-10-27(11-13-28)16-19-6-3-2-4-7-19/h2-4,6-7,20-23H,5,8-18H2,1H3/p+2/t20-,21-,22-,23+,25-,26+/m1/s1. The molecule has 1 spiro atoms. The van der Waals surface area contributed by atoms with Crippen LogP contribution in [0, 0.1) is 23.2 Å². The molecule has 3 heterocycles. The fraction of sp³-hybridized carbons (Fsp3) is 0.731. The van der Waals surface area contributed by atoms with E-state index in [1.165, 1.54) is 37.9 Å². The lowest BCUT2D eigenvalue weighted by molar-refractivity contribution is -1.02. The van der Waals surface area contributed by atoms with Gasteiger partial charge >= 0.3 is 5.97 Å². The van der Waals surface area contributed by atoms with E-state index in [0.717, 1.165) is 45.6 Å². The number of carbonyl (C=O) groups excluding carboxylic acids is 1. The quantitative estimate of drug-likeness (QED) is 0.545. The van der Waals surface area contributed by atoms with Crippen LogP contribution < -0.4 is 9.80 Å². The molecule has 0 unspecified atom stereocenters. The third kappa shape index (κ3) is 3.63. The Kier molecular flexibility index (Phi) is 4.93. The van der Waals surface area contributed by atoms with Crippen molar-refractivity contribution in [2.75, 3.05) is 39.3 Å². The van der Waals surface area contributed by atoms with Crippen LogP contribution in [0.5, 0.6) is 0 Å². The Morgan fingerprint density at radius 1 is 1.06 bits per heavy atom. The second-order valence-electron chi connectivity index (χ2n) is 11.5. The molecule has 5 heteroatoms. The van der Waals surface area contributed by atoms with Crippen molar-refractivity contribution in [1.29, 1.82) is 0 Å². The van der Waals surface area contributed by atoms with Crippen LogP contribution in [0.25, 0.3) is 0 Å². The first-order chi connectivity index (χ1) is 15.0. The molecule has 2 saturated carbocycles. The Morgan fingerprint density at radius 2 is 1.81 bits per heavy atom. The van der Waals surface area contributed by atoms with E-state index in [4.69, 9.17) is 9.47 Å². The van der Waals surface area contributed by atoms with E-state index < -0.39 is 0 Å². The van der Waals surface area contributed by atoms with Gasteiger partial charge in [-0.1, -0.05) is 37.3 Å². The van der Waals surface area contributed by atoms with Crippen molar-refractivity contribution in [1.82, 2.24) is 0 Å². The summed E-state index contributed by atoms with van der Waals surface area (Å²) in [6, 6.07) is 10.8. The van der Waals surface area contributed by atoms with Crippen LogP contribution in [0.2, 0.25) is 0 Å². The third-order valence-corrected chi connectivity index (χ3v) is 9.55. The van der Waals surface area contributed by atoms with Crippen LogP contribution in [0.15, 0.2) is 30.3 Å². The number of benzene rings is 1. The smallest absolute Gasteiger partial charge is 0.315 e. The molecule has 5 aliphatic rings. The summed E-state index contributed by atoms with van der Waals surface area (Å²) in [4.78, 5) is 16.2. The molecule has 1 aromatic carbocycles. The summed E-state index contributed by atoms with van der Waals surface area (Å²) < 4.78 is 12.1. The van der Waals surface area contributed by atoms with E-state index in [2.05, 4.69) is 37.3 Å². The topological polar surface area (TPSA) is 47.7 Å². The number of hydrogen-bond acceptors (Lipinski definition) is 3. The Balaban J connectivity index is 1.08. The average molecular weight is 427 g/mol. The molecule has 1 aromatic rings. The van der Waals surface area contributed by atoms with Gasteiger partial charge in [-0.05, 0) is 43.4 Å². The first-order valence-electron chi connectivity index (χ1n) is 12.6. The van der Waals surface area contributed by atoms with Crippen LogP contribution in [-0.2, 0) is 20.8 Å². The molecule has 0 radical (unpaired) electrons. The van der Waals surface area contributed by atoms with Crippen molar-refractivity contribution >= 4 is 5.97 Å². The van der Waals surface area contributed by atoms with E-state index in [0.29, 0.717) is 17.3 Å². The summed E-state index contributed by atoms with van der Waals surface area (Å²) in [6.07, 6.45) is 6.10. The molecule has 5 nitrogen and oxygen atoms in total. The maximum atomic E-state index is 12.9. The van der Waals surface area contributed by atoms with Crippen molar-refractivity contribution in [3.8, 4) is 0 Å². The molecule has 0 bridgehead atoms. The minimum absolute atomic E-state index is 0.0922. The number of epoxide rings is 1. The second-order valence-corrected chi connectivity index (χ2v) is 11.5. The number of hydrogen-bond donors (Lipinski definition) is 2. The van der Waals surface area contributed by atoms with Crippen molar-refractivity contribution in [2.24, 2.45) is 23.2 Å². The maximum Gasteiger partial charge on any atom is 0.315 e. The number of ether oxygens (including phenoxy) is 2. The lowest BCUT2D eigenvalue weighted by Crippen LogP contribution is -3.27. The van der Waals surface area contributed by atoms with Crippen molar-refractivity contribution < 1.29 is 24.1 Å². The van der Waals surface area contributed by atoms with Crippen molar-refractivity contribution in [2.45, 2.75) is 57.3 Å². The predicted octanol–water partition coefficient (Wildman–Crippen LogP) is 0.497. The van der Waals surface area contributed by atoms with Gasteiger partial charge in [-0.2, -0.15) is 0 Å². The van der Waals surface area contributed by atoms with Gasteiger partial charge in [-0.15, -0.1) is 0 Å². The van der Waals surface area contributed by atoms with Gasteiger partial charge in [0.25, 0.3) is 0 Å². The van der Waals surface area contributed by atoms with Gasteiger partial charge in [0.1, 0.15) is 44.7 Å². The summed E-state index contributed by atoms with van der Waals surface area (Å²) in [7, 11) is 0. The van der Waals surface area contributed by atoms with E-state index in [9.17, 15) is 4.79 Å². The van der Waals surface area contributed by atoms with Crippen molar-refractivity contribution in [3.05, 3.63) is 35.9 Å². The zero-order chi connectivity index (χ0) is 21.1. The molecule has 0 amide bonds. The minimum Gasteiger partial charge on any atom is -0.462 e. The zero-order valence-corrected chi connectivity index (χ0v) is 18.9. The van der Waals surface area contributed by atoms with E-state index in [-0.39, 0.29) is 23.6 Å². The highest BCUT2D eigenvalue weighted by Crippen LogP contribution is 2.62. The molecule has 3 aliphatic heterocycles. The largest absolute Gasteiger partial charge is 0.462 e. The zero-order valence-electron chi connectivity index (χ0n) is 18.9. The fourth-order valence-corrected chi connectivity index (χ4v) is 7.72. The first kappa shape index (κ1) is 20.2. The van der Waals surface area contributed by atoms with Gasteiger partial charge in [0.15, 0.2) is 0 Å². The number of fused-ring (bicyclic) bond motifs is 3. The van der Waals surface area contributed by atoms with Gasteiger partial charge in [-0.25, -0.2) is 0 Å². The SMILES string of the molecule is C[C@]12CCC[C@]3(CO3)[C@H]1C[C@H]1[C@@H](C2)OC(=O)[C@@H]1C[NH+]1CC[NH+](Cc2ccccc2)CC1. The second kappa shape index (κ2) is 7.57. The summed E-state index contributed by atoms with van der Waals surface area (Å²) in [6.45, 7) is 10.2. The van der Waals surface area contributed by atoms with Gasteiger partial charge in [0.05, 0.1) is 18.8 Å². The molecule has 5 fully saturated rings. The Labute approximate surface area is 186 Å². The van der Waals surface area contributed by atoms with Crippen LogP contribution in [-0.4, -0.2) is 57.0 Å². The van der Waals surface area contributed by atoms with E-state index >= 15 is 0 Å². The molecule has 2 N–H and O–H groups in total. The number of quaternary nitrogens is 2. The lowest BCUT2D eigenvalue weighted by Gasteiger charge is -2.51. The molecule has 0 aromatic heterocycles. The molecule has 2 aliphatic carbocycles. The molecular weight excluding hydrogens is 388 g/mol. The Bertz CT molecular complexity index is 817. The molecule has 31 heavy (non-hydrogen) atoms. The molecule has 6 atom stereocenters. The van der Waals surface area contributed by atoms with Gasteiger partial charge in [0, 0.05) is 11.5 Å². The summed E-state index contributed by atoms with van der Waals surface area (Å²) in [5.74, 6) is 1.22. The molecule has 6 rings (SSSR count). The highest BCUT2D eigenvalue weighted by Gasteiger charge is 2.65. The summed E-state index contributed by atoms with van der Waals surface area (Å²) >= 11 is 0. The number of carbonyl (C=O) groups is 1. The number of esters is 1. The normalized spacial score (nSPS) is 46.3. The molecular formula is C26H38N2O3+2. The highest BCUT2D eigenvalue weighted by atomic mass is 16.6. The maximum absolute atomic E-state index is 12.9. The Hall–Kier alpha value is -1.43. The van der Waals surface area contributed by atoms with Crippen LogP contribution in [0.1, 0.15) is 44.6 Å². The third-order valence-electron chi connectivity index (χ3n) is 9.55. The van der Waals surface area contributed by atoms with Gasteiger partial charge in [-0.3, -0.25) is 4.79 Å².